The smallest absolute Gasteiger partial charge is 0.412 e. The number of fused-ring (bicyclic) bond motifs is 1. The number of nitrogens with one attached hydrogen (secondary N) is 1. The van der Waals surface area contributed by atoms with E-state index in [2.05, 4.69) is 28.7 Å². The SMILES string of the molecule is Cc1noc(-c2ccc(-c3ccc4c(c3)CCOC4)cc2)c1NC(=O)OCc1ccccc1.O=C=O. The van der Waals surface area contributed by atoms with Gasteiger partial charge >= 0.3 is 12.2 Å². The molecule has 0 unspecified atom stereocenters. The van der Waals surface area contributed by atoms with E-state index in [0.29, 0.717) is 23.7 Å². The van der Waals surface area contributed by atoms with Crippen LogP contribution in [0.3, 0.4) is 0 Å². The van der Waals surface area contributed by atoms with Gasteiger partial charge in [0, 0.05) is 5.56 Å². The van der Waals surface area contributed by atoms with Crippen LogP contribution in [0.1, 0.15) is 22.4 Å². The summed E-state index contributed by atoms with van der Waals surface area (Å²) in [6.45, 7) is 3.42. The predicted octanol–water partition coefficient (Wildman–Crippen LogP) is 5.55. The second-order valence-electron chi connectivity index (χ2n) is 8.11. The molecule has 1 aliphatic rings. The van der Waals surface area contributed by atoms with Crippen molar-refractivity contribution in [3.8, 4) is 22.5 Å². The summed E-state index contributed by atoms with van der Waals surface area (Å²) in [6.07, 6.45) is 0.634. The molecule has 1 aromatic heterocycles. The molecule has 8 heteroatoms. The van der Waals surface area contributed by atoms with Crippen LogP contribution in [0, 0.1) is 6.92 Å². The molecular formula is C28H24N2O6. The van der Waals surface area contributed by atoms with Crippen molar-refractivity contribution >= 4 is 17.9 Å². The van der Waals surface area contributed by atoms with Crippen molar-refractivity contribution in [2.75, 3.05) is 11.9 Å². The minimum absolute atomic E-state index is 0.188. The first-order valence-corrected chi connectivity index (χ1v) is 11.3. The molecule has 1 amide bonds. The predicted molar refractivity (Wildman–Crippen MR) is 131 cm³/mol. The van der Waals surface area contributed by atoms with Crippen LogP contribution in [0.15, 0.2) is 77.3 Å². The van der Waals surface area contributed by atoms with Gasteiger partial charge in [0.2, 0.25) is 0 Å². The number of hydrogen-bond acceptors (Lipinski definition) is 7. The Morgan fingerprint density at radius 1 is 0.972 bits per heavy atom. The normalized spacial score (nSPS) is 11.9. The summed E-state index contributed by atoms with van der Waals surface area (Å²) in [7, 11) is 0. The lowest BCUT2D eigenvalue weighted by Gasteiger charge is -2.17. The van der Waals surface area contributed by atoms with Crippen LogP contribution in [0.5, 0.6) is 0 Å². The molecule has 0 radical (unpaired) electrons. The van der Waals surface area contributed by atoms with Crippen LogP contribution in [0.4, 0.5) is 10.5 Å². The van der Waals surface area contributed by atoms with Crippen LogP contribution < -0.4 is 5.32 Å². The number of benzene rings is 3. The third-order valence-corrected chi connectivity index (χ3v) is 5.76. The number of amides is 1. The Balaban J connectivity index is 0.000000967. The number of carbonyl (C=O) groups excluding carboxylic acids is 3. The molecule has 8 nitrogen and oxygen atoms in total. The standard InChI is InChI=1S/C27H24N2O4.CO2/c1-18-25(28-27(30)32-16-19-5-3-2-4-6-19)26(33-29-18)21-9-7-20(8-10-21)22-11-12-24-17-31-14-13-23(24)15-22;2-1-3/h2-12,15H,13-14,16-17H2,1H3,(H,28,30);. The number of aromatic nitrogens is 1. The monoisotopic (exact) mass is 484 g/mol. The highest BCUT2D eigenvalue weighted by Gasteiger charge is 2.18. The summed E-state index contributed by atoms with van der Waals surface area (Å²) in [5.74, 6) is 0.498. The molecule has 0 spiro atoms. The maximum atomic E-state index is 12.4. The van der Waals surface area contributed by atoms with E-state index < -0.39 is 6.09 Å². The van der Waals surface area contributed by atoms with Crippen molar-refractivity contribution in [1.29, 1.82) is 0 Å². The van der Waals surface area contributed by atoms with Crippen LogP contribution in [-0.2, 0) is 38.7 Å². The largest absolute Gasteiger partial charge is 0.444 e. The quantitative estimate of drug-likeness (QED) is 0.395. The molecule has 3 aromatic carbocycles. The second kappa shape index (κ2) is 11.8. The third kappa shape index (κ3) is 5.93. The first-order valence-electron chi connectivity index (χ1n) is 11.3. The zero-order valence-corrected chi connectivity index (χ0v) is 19.7. The molecule has 0 saturated carbocycles. The lowest BCUT2D eigenvalue weighted by atomic mass is 9.96. The Bertz CT molecular complexity index is 1360. The summed E-state index contributed by atoms with van der Waals surface area (Å²) in [6, 6.07) is 24.1. The molecule has 5 rings (SSSR count). The molecule has 1 aliphatic heterocycles. The molecule has 182 valence electrons. The average Bonchev–Trinajstić information content (AvgIpc) is 3.28. The molecule has 36 heavy (non-hydrogen) atoms. The topological polar surface area (TPSA) is 108 Å². The summed E-state index contributed by atoms with van der Waals surface area (Å²) in [4.78, 5) is 28.6. The van der Waals surface area contributed by atoms with E-state index in [9.17, 15) is 4.79 Å². The van der Waals surface area contributed by atoms with Gasteiger partial charge < -0.3 is 14.0 Å². The first-order chi connectivity index (χ1) is 17.6. The van der Waals surface area contributed by atoms with Crippen LogP contribution in [0.25, 0.3) is 22.5 Å². The minimum atomic E-state index is -0.555. The van der Waals surface area contributed by atoms with Crippen molar-refractivity contribution in [3.05, 3.63) is 95.2 Å². The molecule has 0 fully saturated rings. The van der Waals surface area contributed by atoms with Gasteiger partial charge in [-0.3, -0.25) is 5.32 Å². The zero-order valence-electron chi connectivity index (χ0n) is 19.7. The summed E-state index contributed by atoms with van der Waals surface area (Å²) in [5.41, 5.74) is 7.71. The van der Waals surface area contributed by atoms with Gasteiger partial charge in [-0.15, -0.1) is 0 Å². The van der Waals surface area contributed by atoms with Crippen molar-refractivity contribution in [2.45, 2.75) is 26.6 Å². The van der Waals surface area contributed by atoms with Crippen molar-refractivity contribution in [3.63, 3.8) is 0 Å². The molecule has 0 atom stereocenters. The zero-order chi connectivity index (χ0) is 25.3. The Hall–Kier alpha value is -4.52. The molecule has 1 N–H and O–H groups in total. The lowest BCUT2D eigenvalue weighted by Crippen LogP contribution is -2.14. The van der Waals surface area contributed by atoms with E-state index in [1.165, 1.54) is 16.7 Å². The fourth-order valence-electron chi connectivity index (χ4n) is 3.93. The van der Waals surface area contributed by atoms with E-state index in [-0.39, 0.29) is 12.8 Å². The van der Waals surface area contributed by atoms with Gasteiger partial charge in [-0.25, -0.2) is 4.79 Å². The Morgan fingerprint density at radius 2 is 1.67 bits per heavy atom. The number of nitrogens with zero attached hydrogens (tertiary/aromatic N) is 1. The van der Waals surface area contributed by atoms with Crippen molar-refractivity contribution in [2.24, 2.45) is 0 Å². The summed E-state index contributed by atoms with van der Waals surface area (Å²) < 4.78 is 16.4. The highest BCUT2D eigenvalue weighted by Crippen LogP contribution is 2.33. The fraction of sp³-hybridized carbons (Fsp3) is 0.179. The third-order valence-electron chi connectivity index (χ3n) is 5.76. The Morgan fingerprint density at radius 3 is 2.42 bits per heavy atom. The van der Waals surface area contributed by atoms with Crippen LogP contribution >= 0.6 is 0 Å². The van der Waals surface area contributed by atoms with Gasteiger partial charge in [-0.1, -0.05) is 78.0 Å². The number of ether oxygens (including phenoxy) is 2. The summed E-state index contributed by atoms with van der Waals surface area (Å²) in [5, 5.41) is 6.81. The first kappa shape index (κ1) is 24.6. The van der Waals surface area contributed by atoms with E-state index in [4.69, 9.17) is 23.6 Å². The van der Waals surface area contributed by atoms with Gasteiger partial charge in [0.1, 0.15) is 18.0 Å². The van der Waals surface area contributed by atoms with Gasteiger partial charge in [-0.2, -0.15) is 9.59 Å². The van der Waals surface area contributed by atoms with Crippen molar-refractivity contribution < 1.29 is 28.4 Å². The fourth-order valence-corrected chi connectivity index (χ4v) is 3.93. The average molecular weight is 485 g/mol. The van der Waals surface area contributed by atoms with Crippen LogP contribution in [0.2, 0.25) is 0 Å². The molecule has 4 aromatic rings. The molecule has 2 heterocycles. The van der Waals surface area contributed by atoms with Gasteiger partial charge in [0.25, 0.3) is 0 Å². The minimum Gasteiger partial charge on any atom is -0.444 e. The maximum absolute atomic E-state index is 12.4. The van der Waals surface area contributed by atoms with Crippen molar-refractivity contribution in [1.82, 2.24) is 5.16 Å². The van der Waals surface area contributed by atoms with E-state index >= 15 is 0 Å². The second-order valence-corrected chi connectivity index (χ2v) is 8.11. The molecule has 0 aliphatic carbocycles. The molecule has 0 bridgehead atoms. The van der Waals surface area contributed by atoms with E-state index in [1.807, 2.05) is 54.6 Å². The van der Waals surface area contributed by atoms with Gasteiger partial charge in [0.15, 0.2) is 5.76 Å². The number of hydrogen-bond donors (Lipinski definition) is 1. The lowest BCUT2D eigenvalue weighted by molar-refractivity contribution is -0.191. The van der Waals surface area contributed by atoms with E-state index in [1.54, 1.807) is 6.92 Å². The number of anilines is 1. The number of rotatable bonds is 5. The Kier molecular flexibility index (Phi) is 8.03. The van der Waals surface area contributed by atoms with E-state index in [0.717, 1.165) is 29.7 Å². The summed E-state index contributed by atoms with van der Waals surface area (Å²) >= 11 is 0. The number of carbonyl (C=O) groups is 1. The highest BCUT2D eigenvalue weighted by molar-refractivity contribution is 5.90. The molecule has 0 saturated heterocycles. The molecular weight excluding hydrogens is 460 g/mol. The Labute approximate surface area is 207 Å². The van der Waals surface area contributed by atoms with Gasteiger partial charge in [-0.05, 0) is 41.2 Å². The number of aryl methyl sites for hydroxylation is 1. The highest BCUT2D eigenvalue weighted by atomic mass is 16.5. The van der Waals surface area contributed by atoms with Crippen LogP contribution in [-0.4, -0.2) is 24.0 Å². The maximum Gasteiger partial charge on any atom is 0.412 e. The van der Waals surface area contributed by atoms with Gasteiger partial charge in [0.05, 0.1) is 13.2 Å².